The second-order valence-electron chi connectivity index (χ2n) is 3.92. The van der Waals surface area contributed by atoms with E-state index in [9.17, 15) is 4.79 Å². The minimum Gasteiger partial charge on any atom is -0.468 e. The van der Waals surface area contributed by atoms with Crippen LogP contribution >= 0.6 is 0 Å². The molecule has 0 aliphatic heterocycles. The Labute approximate surface area is 83.7 Å². The van der Waals surface area contributed by atoms with Crippen molar-refractivity contribution in [1.82, 2.24) is 4.90 Å². The van der Waals surface area contributed by atoms with E-state index in [0.29, 0.717) is 12.6 Å². The molecule has 1 aliphatic rings. The highest BCUT2D eigenvalue weighted by molar-refractivity contribution is 5.77. The van der Waals surface area contributed by atoms with E-state index in [1.807, 2.05) is 12.1 Å². The zero-order valence-corrected chi connectivity index (χ0v) is 8.40. The summed E-state index contributed by atoms with van der Waals surface area (Å²) in [4.78, 5) is 13.2. The Morgan fingerprint density at radius 2 is 2.43 bits per heavy atom. The maximum atomic E-state index is 11.0. The smallest absolute Gasteiger partial charge is 0.143 e. The first-order valence-electron chi connectivity index (χ1n) is 5.01. The van der Waals surface area contributed by atoms with Crippen molar-refractivity contribution in [1.29, 1.82) is 0 Å². The van der Waals surface area contributed by atoms with Crippen LogP contribution < -0.4 is 0 Å². The van der Waals surface area contributed by atoms with E-state index in [-0.39, 0.29) is 5.78 Å². The Morgan fingerprint density at radius 3 is 2.93 bits per heavy atom. The fraction of sp³-hybridized carbons (Fsp3) is 0.545. The number of carbonyl (C=O) groups excluding carboxylic acids is 1. The van der Waals surface area contributed by atoms with Crippen LogP contribution in [-0.4, -0.2) is 23.3 Å². The summed E-state index contributed by atoms with van der Waals surface area (Å²) in [6, 6.07) is 4.44. The van der Waals surface area contributed by atoms with Gasteiger partial charge in [-0.3, -0.25) is 9.69 Å². The Bertz CT molecular complexity index is 301. The van der Waals surface area contributed by atoms with Gasteiger partial charge in [0.2, 0.25) is 0 Å². The van der Waals surface area contributed by atoms with Crippen molar-refractivity contribution in [3.63, 3.8) is 0 Å². The van der Waals surface area contributed by atoms with Gasteiger partial charge in [0.25, 0.3) is 0 Å². The molecule has 1 aliphatic carbocycles. The van der Waals surface area contributed by atoms with Gasteiger partial charge in [-0.05, 0) is 31.9 Å². The van der Waals surface area contributed by atoms with Crippen molar-refractivity contribution in [3.8, 4) is 0 Å². The molecule has 3 heteroatoms. The van der Waals surface area contributed by atoms with E-state index in [2.05, 4.69) is 4.90 Å². The summed E-state index contributed by atoms with van der Waals surface area (Å²) in [6.45, 7) is 2.94. The van der Waals surface area contributed by atoms with E-state index >= 15 is 0 Å². The van der Waals surface area contributed by atoms with Gasteiger partial charge < -0.3 is 4.42 Å². The lowest BCUT2D eigenvalue weighted by atomic mass is 10.3. The standard InChI is InChI=1S/C11H15NO2/c1-9(13)7-12(10-4-5-10)8-11-3-2-6-14-11/h2-3,6,10H,4-5,7-8H2,1H3. The third kappa shape index (κ3) is 2.45. The maximum Gasteiger partial charge on any atom is 0.143 e. The molecule has 0 unspecified atom stereocenters. The van der Waals surface area contributed by atoms with Crippen LogP contribution in [0.1, 0.15) is 25.5 Å². The first kappa shape index (κ1) is 9.46. The van der Waals surface area contributed by atoms with Crippen LogP contribution in [-0.2, 0) is 11.3 Å². The van der Waals surface area contributed by atoms with E-state index in [1.54, 1.807) is 13.2 Å². The molecular formula is C11H15NO2. The topological polar surface area (TPSA) is 33.5 Å². The molecule has 0 saturated heterocycles. The van der Waals surface area contributed by atoms with Gasteiger partial charge in [0, 0.05) is 6.04 Å². The number of rotatable bonds is 5. The number of hydrogen-bond donors (Lipinski definition) is 0. The van der Waals surface area contributed by atoms with Gasteiger partial charge in [-0.25, -0.2) is 0 Å². The third-order valence-electron chi connectivity index (χ3n) is 2.43. The highest BCUT2D eigenvalue weighted by Crippen LogP contribution is 2.28. The summed E-state index contributed by atoms with van der Waals surface area (Å²) in [5.41, 5.74) is 0. The van der Waals surface area contributed by atoms with Gasteiger partial charge in [0.1, 0.15) is 11.5 Å². The molecular weight excluding hydrogens is 178 g/mol. The van der Waals surface area contributed by atoms with Crippen molar-refractivity contribution in [3.05, 3.63) is 24.2 Å². The molecule has 76 valence electrons. The van der Waals surface area contributed by atoms with Crippen molar-refractivity contribution >= 4 is 5.78 Å². The highest BCUT2D eigenvalue weighted by atomic mass is 16.3. The van der Waals surface area contributed by atoms with Crippen molar-refractivity contribution < 1.29 is 9.21 Å². The largest absolute Gasteiger partial charge is 0.468 e. The quantitative estimate of drug-likeness (QED) is 0.715. The third-order valence-corrected chi connectivity index (χ3v) is 2.43. The monoisotopic (exact) mass is 193 g/mol. The summed E-state index contributed by atoms with van der Waals surface area (Å²) in [7, 11) is 0. The molecule has 1 aromatic heterocycles. The fourth-order valence-corrected chi connectivity index (χ4v) is 1.64. The molecule has 0 amide bonds. The van der Waals surface area contributed by atoms with Crippen LogP contribution in [0.2, 0.25) is 0 Å². The van der Waals surface area contributed by atoms with Gasteiger partial charge >= 0.3 is 0 Å². The van der Waals surface area contributed by atoms with Crippen LogP contribution in [0.3, 0.4) is 0 Å². The van der Waals surface area contributed by atoms with Gasteiger partial charge in [0.05, 0.1) is 19.4 Å². The number of ketones is 1. The van der Waals surface area contributed by atoms with Gasteiger partial charge in [-0.15, -0.1) is 0 Å². The van der Waals surface area contributed by atoms with Crippen LogP contribution in [0.25, 0.3) is 0 Å². The molecule has 1 heterocycles. The number of nitrogens with zero attached hydrogens (tertiary/aromatic N) is 1. The summed E-state index contributed by atoms with van der Waals surface area (Å²) in [6.07, 6.45) is 4.11. The van der Waals surface area contributed by atoms with Crippen LogP contribution in [0.4, 0.5) is 0 Å². The van der Waals surface area contributed by atoms with E-state index in [1.165, 1.54) is 12.8 Å². The molecule has 2 rings (SSSR count). The Balaban J connectivity index is 1.93. The van der Waals surface area contributed by atoms with Gasteiger partial charge in [-0.1, -0.05) is 0 Å². The molecule has 0 atom stereocenters. The number of furan rings is 1. The fourth-order valence-electron chi connectivity index (χ4n) is 1.64. The first-order valence-corrected chi connectivity index (χ1v) is 5.01. The van der Waals surface area contributed by atoms with Crippen molar-refractivity contribution in [2.24, 2.45) is 0 Å². The average Bonchev–Trinajstić information content (AvgIpc) is 2.85. The van der Waals surface area contributed by atoms with Gasteiger partial charge in [0.15, 0.2) is 0 Å². The number of Topliss-reactive ketones (excluding diaryl/α,β-unsaturated/α-hetero) is 1. The lowest BCUT2D eigenvalue weighted by Crippen LogP contribution is -2.30. The summed E-state index contributed by atoms with van der Waals surface area (Å²) < 4.78 is 5.27. The van der Waals surface area contributed by atoms with Crippen molar-refractivity contribution in [2.75, 3.05) is 6.54 Å². The predicted octanol–water partition coefficient (Wildman–Crippen LogP) is 1.83. The zero-order valence-electron chi connectivity index (χ0n) is 8.40. The van der Waals surface area contributed by atoms with Crippen LogP contribution in [0.15, 0.2) is 22.8 Å². The zero-order chi connectivity index (χ0) is 9.97. The summed E-state index contributed by atoms with van der Waals surface area (Å²) >= 11 is 0. The van der Waals surface area contributed by atoms with Gasteiger partial charge in [-0.2, -0.15) is 0 Å². The Hall–Kier alpha value is -1.09. The molecule has 0 N–H and O–H groups in total. The van der Waals surface area contributed by atoms with E-state index in [4.69, 9.17) is 4.42 Å². The minimum absolute atomic E-state index is 0.225. The molecule has 1 fully saturated rings. The van der Waals surface area contributed by atoms with Crippen molar-refractivity contribution in [2.45, 2.75) is 32.4 Å². The summed E-state index contributed by atoms with van der Waals surface area (Å²) in [5, 5.41) is 0. The normalized spacial score (nSPS) is 16.1. The molecule has 0 radical (unpaired) electrons. The minimum atomic E-state index is 0.225. The predicted molar refractivity (Wildman–Crippen MR) is 52.8 cm³/mol. The molecule has 0 spiro atoms. The second-order valence-corrected chi connectivity index (χ2v) is 3.92. The first-order chi connectivity index (χ1) is 6.75. The second kappa shape index (κ2) is 3.96. The van der Waals surface area contributed by atoms with E-state index < -0.39 is 0 Å². The Morgan fingerprint density at radius 1 is 1.64 bits per heavy atom. The molecule has 1 saturated carbocycles. The summed E-state index contributed by atoms with van der Waals surface area (Å²) in [5.74, 6) is 1.17. The Kier molecular flexibility index (Phi) is 2.68. The molecule has 1 aromatic rings. The average molecular weight is 193 g/mol. The highest BCUT2D eigenvalue weighted by Gasteiger charge is 2.29. The lowest BCUT2D eigenvalue weighted by Gasteiger charge is -2.18. The lowest BCUT2D eigenvalue weighted by molar-refractivity contribution is -0.118. The van der Waals surface area contributed by atoms with E-state index in [0.717, 1.165) is 12.3 Å². The molecule has 14 heavy (non-hydrogen) atoms. The number of hydrogen-bond acceptors (Lipinski definition) is 3. The number of carbonyl (C=O) groups is 1. The van der Waals surface area contributed by atoms with Crippen LogP contribution in [0.5, 0.6) is 0 Å². The maximum absolute atomic E-state index is 11.0. The molecule has 3 nitrogen and oxygen atoms in total. The SMILES string of the molecule is CC(=O)CN(Cc1ccco1)C1CC1. The van der Waals surface area contributed by atoms with Crippen LogP contribution in [0, 0.1) is 0 Å². The molecule has 0 aromatic carbocycles. The molecule has 0 bridgehead atoms.